The van der Waals surface area contributed by atoms with Gasteiger partial charge in [0, 0.05) is 18.3 Å². The first kappa shape index (κ1) is 31.0. The Morgan fingerprint density at radius 3 is 2.05 bits per heavy atom. The minimum absolute atomic E-state index is 0.114. The quantitative estimate of drug-likeness (QED) is 0.240. The molecule has 44 heavy (non-hydrogen) atoms. The van der Waals surface area contributed by atoms with Crippen molar-refractivity contribution in [3.8, 4) is 0 Å². The number of hydrogen-bond acceptors (Lipinski definition) is 8. The highest BCUT2D eigenvalue weighted by Gasteiger charge is 2.66. The van der Waals surface area contributed by atoms with Gasteiger partial charge in [-0.25, -0.2) is 0 Å². The molecule has 0 radical (unpaired) electrons. The molecule has 1 heterocycles. The maximum Gasteiger partial charge on any atom is 0.314 e. The Morgan fingerprint density at radius 1 is 0.841 bits per heavy atom. The maximum atomic E-state index is 13.7. The molecule has 1 saturated heterocycles. The number of rotatable bonds is 9. The molecule has 9 aliphatic rings. The van der Waals surface area contributed by atoms with Crippen LogP contribution in [0.4, 0.5) is 0 Å². The molecule has 0 aromatic carbocycles. The summed E-state index contributed by atoms with van der Waals surface area (Å²) >= 11 is 0. The van der Waals surface area contributed by atoms with Gasteiger partial charge in [-0.3, -0.25) is 14.4 Å². The smallest absolute Gasteiger partial charge is 0.314 e. The number of hydrogen-bond donors (Lipinski definition) is 1. The Balaban J connectivity index is 0.979. The lowest BCUT2D eigenvalue weighted by molar-refractivity contribution is -0.235. The van der Waals surface area contributed by atoms with Crippen molar-refractivity contribution in [2.45, 2.75) is 154 Å². The number of carbonyl (C=O) groups excluding carboxylic acids is 3. The van der Waals surface area contributed by atoms with Gasteiger partial charge in [0.15, 0.2) is 0 Å². The Morgan fingerprint density at radius 2 is 1.45 bits per heavy atom. The zero-order valence-electron chi connectivity index (χ0n) is 27.4. The number of aliphatic hydroxyl groups is 1. The average molecular weight is 615 g/mol. The normalized spacial score (nSPS) is 45.1. The minimum Gasteiger partial charge on any atom is -0.459 e. The van der Waals surface area contributed by atoms with Crippen LogP contribution in [0.3, 0.4) is 0 Å². The summed E-state index contributed by atoms with van der Waals surface area (Å²) in [6.45, 7) is 8.39. The summed E-state index contributed by atoms with van der Waals surface area (Å²) in [5, 5.41) is 11.1. The summed E-state index contributed by atoms with van der Waals surface area (Å²) in [4.78, 5) is 40.7. The van der Waals surface area contributed by atoms with E-state index in [1.54, 1.807) is 0 Å². The van der Waals surface area contributed by atoms with Crippen molar-refractivity contribution in [1.82, 2.24) is 0 Å². The van der Waals surface area contributed by atoms with Gasteiger partial charge in [0.1, 0.15) is 11.2 Å². The van der Waals surface area contributed by atoms with Gasteiger partial charge in [-0.15, -0.1) is 0 Å². The number of carbonyl (C=O) groups is 3. The summed E-state index contributed by atoms with van der Waals surface area (Å²) in [7, 11) is 0. The van der Waals surface area contributed by atoms with Crippen LogP contribution < -0.4 is 0 Å². The van der Waals surface area contributed by atoms with E-state index in [1.165, 1.54) is 0 Å². The van der Waals surface area contributed by atoms with Gasteiger partial charge in [-0.1, -0.05) is 13.8 Å². The van der Waals surface area contributed by atoms with Crippen molar-refractivity contribution in [3.63, 3.8) is 0 Å². The zero-order valence-corrected chi connectivity index (χ0v) is 27.4. The fraction of sp³-hybridized carbons (Fsp3) is 0.917. The molecule has 0 aromatic rings. The lowest BCUT2D eigenvalue weighted by atomic mass is 9.41. The molecule has 1 aliphatic heterocycles. The van der Waals surface area contributed by atoms with Crippen LogP contribution in [0.15, 0.2) is 0 Å². The fourth-order valence-corrected chi connectivity index (χ4v) is 12.0. The molecule has 0 aromatic heterocycles. The van der Waals surface area contributed by atoms with Crippen molar-refractivity contribution in [2.75, 3.05) is 6.61 Å². The van der Waals surface area contributed by atoms with Gasteiger partial charge in [0.2, 0.25) is 6.29 Å². The third kappa shape index (κ3) is 5.42. The van der Waals surface area contributed by atoms with Crippen molar-refractivity contribution in [1.29, 1.82) is 0 Å². The molecule has 246 valence electrons. The first-order valence-corrected chi connectivity index (χ1v) is 17.7. The van der Waals surface area contributed by atoms with Crippen LogP contribution in [0.25, 0.3) is 0 Å². The highest BCUT2D eigenvalue weighted by molar-refractivity contribution is 5.78. The first-order valence-electron chi connectivity index (χ1n) is 17.7. The second-order valence-corrected chi connectivity index (χ2v) is 17.5. The lowest BCUT2D eigenvalue weighted by Crippen LogP contribution is -2.63. The molecule has 9 rings (SSSR count). The van der Waals surface area contributed by atoms with Crippen LogP contribution in [-0.2, 0) is 33.3 Å². The summed E-state index contributed by atoms with van der Waals surface area (Å²) in [5.41, 5.74) is -2.78. The van der Waals surface area contributed by atoms with Crippen molar-refractivity contribution in [3.05, 3.63) is 0 Å². The van der Waals surface area contributed by atoms with Crippen molar-refractivity contribution >= 4 is 17.9 Å². The minimum atomic E-state index is -0.749. The van der Waals surface area contributed by atoms with E-state index >= 15 is 0 Å². The SMILES string of the molecule is CC(CC(C)C(=O)OC(C)(C)C12CC3CC(CC(C(=O)OC4CCCCO4)(C3)C1)C2)C(=O)OC12CC3CC(CC(O)(C3)C1)C2. The zero-order chi connectivity index (χ0) is 31.1. The third-order valence-corrected chi connectivity index (χ3v) is 13.3. The van der Waals surface area contributed by atoms with Crippen molar-refractivity contribution in [2.24, 2.45) is 46.3 Å². The van der Waals surface area contributed by atoms with Crippen LogP contribution in [0.1, 0.15) is 130 Å². The van der Waals surface area contributed by atoms with Gasteiger partial charge in [-0.05, 0) is 127 Å². The van der Waals surface area contributed by atoms with E-state index in [0.717, 1.165) is 83.5 Å². The topological polar surface area (TPSA) is 108 Å². The van der Waals surface area contributed by atoms with E-state index in [2.05, 4.69) is 0 Å². The highest BCUT2D eigenvalue weighted by Crippen LogP contribution is 2.69. The Labute approximate surface area is 262 Å². The predicted molar refractivity (Wildman–Crippen MR) is 161 cm³/mol. The van der Waals surface area contributed by atoms with E-state index in [9.17, 15) is 19.5 Å². The summed E-state index contributed by atoms with van der Waals surface area (Å²) in [6, 6.07) is 0. The first-order chi connectivity index (χ1) is 20.7. The van der Waals surface area contributed by atoms with Gasteiger partial charge in [-0.2, -0.15) is 0 Å². The highest BCUT2D eigenvalue weighted by atomic mass is 16.7. The molecule has 9 fully saturated rings. The third-order valence-electron chi connectivity index (χ3n) is 13.3. The Kier molecular flexibility index (Phi) is 7.52. The molecule has 7 atom stereocenters. The Hall–Kier alpha value is -1.67. The van der Waals surface area contributed by atoms with Crippen LogP contribution in [0.5, 0.6) is 0 Å². The molecular formula is C36H54O8. The van der Waals surface area contributed by atoms with Gasteiger partial charge < -0.3 is 24.1 Å². The van der Waals surface area contributed by atoms with Crippen LogP contribution >= 0.6 is 0 Å². The second-order valence-electron chi connectivity index (χ2n) is 17.5. The Bertz CT molecular complexity index is 1140. The predicted octanol–water partition coefficient (Wildman–Crippen LogP) is 6.25. The van der Waals surface area contributed by atoms with Gasteiger partial charge >= 0.3 is 17.9 Å². The maximum absolute atomic E-state index is 13.7. The van der Waals surface area contributed by atoms with Crippen LogP contribution in [-0.4, -0.2) is 52.7 Å². The van der Waals surface area contributed by atoms with Crippen LogP contribution in [0, 0.1) is 46.3 Å². The van der Waals surface area contributed by atoms with E-state index < -0.39 is 40.3 Å². The molecule has 0 amide bonds. The molecule has 7 unspecified atom stereocenters. The number of esters is 3. The second kappa shape index (κ2) is 10.7. The van der Waals surface area contributed by atoms with E-state index in [-0.39, 0.29) is 23.3 Å². The van der Waals surface area contributed by atoms with E-state index in [1.807, 2.05) is 27.7 Å². The van der Waals surface area contributed by atoms with Crippen molar-refractivity contribution < 1.29 is 38.4 Å². The molecule has 8 heteroatoms. The van der Waals surface area contributed by atoms with Crippen LogP contribution in [0.2, 0.25) is 0 Å². The summed E-state index contributed by atoms with van der Waals surface area (Å²) in [5.74, 6) is 0.166. The fourth-order valence-electron chi connectivity index (χ4n) is 12.0. The number of ether oxygens (including phenoxy) is 4. The molecule has 8 nitrogen and oxygen atoms in total. The molecule has 8 saturated carbocycles. The molecule has 8 aliphatic carbocycles. The molecule has 1 N–H and O–H groups in total. The largest absolute Gasteiger partial charge is 0.459 e. The summed E-state index contributed by atoms with van der Waals surface area (Å²) < 4.78 is 24.3. The van der Waals surface area contributed by atoms with E-state index in [0.29, 0.717) is 49.5 Å². The van der Waals surface area contributed by atoms with E-state index in [4.69, 9.17) is 18.9 Å². The van der Waals surface area contributed by atoms with Gasteiger partial charge in [0.05, 0.1) is 29.5 Å². The average Bonchev–Trinajstić information content (AvgIpc) is 2.91. The lowest BCUT2D eigenvalue weighted by Gasteiger charge is -2.64. The molecule has 0 spiro atoms. The van der Waals surface area contributed by atoms with Gasteiger partial charge in [0.25, 0.3) is 0 Å². The standard InChI is InChI=1S/C36H54O8/c1-22(9-23(2)30(38)44-36-18-26-11-27(19-36)17-35(40,16-26)21-36)29(37)43-32(3,4)34-14-24-10-25(15-34)13-33(12-24,20-34)31(39)42-28-7-5-6-8-41-28/h22-28,40H,5-21H2,1-4H3. The molecular weight excluding hydrogens is 560 g/mol. The monoisotopic (exact) mass is 614 g/mol. The summed E-state index contributed by atoms with van der Waals surface area (Å²) in [6.07, 6.45) is 13.2. The molecule has 8 bridgehead atoms.